The number of benzene rings is 1. The summed E-state index contributed by atoms with van der Waals surface area (Å²) in [5.74, 6) is 0.202. The van der Waals surface area contributed by atoms with E-state index in [0.717, 1.165) is 0 Å². The van der Waals surface area contributed by atoms with Gasteiger partial charge in [0.05, 0.1) is 13.2 Å². The molecule has 0 saturated carbocycles. The summed E-state index contributed by atoms with van der Waals surface area (Å²) in [6, 6.07) is 1.41. The topological polar surface area (TPSA) is 61.7 Å². The summed E-state index contributed by atoms with van der Waals surface area (Å²) in [4.78, 5) is 0. The summed E-state index contributed by atoms with van der Waals surface area (Å²) in [7, 11) is 3.17. The number of hydrogen-bond donors (Lipinski definition) is 3. The lowest BCUT2D eigenvalue weighted by atomic mass is 10.0. The first-order chi connectivity index (χ1) is 7.52. The SMILES string of the molecule is CNCC(O)c1c(C)c(Cl)cc(O)c1OC. The molecule has 0 aromatic heterocycles. The minimum Gasteiger partial charge on any atom is -0.504 e. The van der Waals surface area contributed by atoms with Gasteiger partial charge in [-0.05, 0) is 19.5 Å². The number of rotatable bonds is 4. The van der Waals surface area contributed by atoms with Crippen LogP contribution in [0.2, 0.25) is 5.02 Å². The second-order valence-corrected chi connectivity index (χ2v) is 3.93. The summed E-state index contributed by atoms with van der Waals surface area (Å²) in [6.07, 6.45) is -0.774. The predicted octanol–water partition coefficient (Wildman–Crippen LogP) is 1.62. The predicted molar refractivity (Wildman–Crippen MR) is 63.3 cm³/mol. The molecule has 0 aliphatic carbocycles. The molecule has 1 rings (SSSR count). The number of nitrogens with one attached hydrogen (secondary N) is 1. The van der Waals surface area contributed by atoms with Crippen LogP contribution in [0.3, 0.4) is 0 Å². The summed E-state index contributed by atoms with van der Waals surface area (Å²) in [5, 5.41) is 22.9. The smallest absolute Gasteiger partial charge is 0.166 e. The number of phenols is 1. The van der Waals surface area contributed by atoms with Gasteiger partial charge >= 0.3 is 0 Å². The lowest BCUT2D eigenvalue weighted by Crippen LogP contribution is -2.18. The molecular weight excluding hydrogens is 230 g/mol. The molecule has 0 bridgehead atoms. The van der Waals surface area contributed by atoms with E-state index in [0.29, 0.717) is 22.7 Å². The second-order valence-electron chi connectivity index (χ2n) is 3.52. The van der Waals surface area contributed by atoms with Crippen LogP contribution in [0.4, 0.5) is 0 Å². The molecule has 16 heavy (non-hydrogen) atoms. The summed E-state index contributed by atoms with van der Waals surface area (Å²) < 4.78 is 5.08. The molecule has 1 aromatic carbocycles. The highest BCUT2D eigenvalue weighted by Crippen LogP contribution is 2.40. The lowest BCUT2D eigenvalue weighted by molar-refractivity contribution is 0.171. The van der Waals surface area contributed by atoms with E-state index in [2.05, 4.69) is 5.32 Å². The van der Waals surface area contributed by atoms with E-state index in [-0.39, 0.29) is 11.5 Å². The zero-order chi connectivity index (χ0) is 12.3. The number of likely N-dealkylation sites (N-methyl/N-ethyl adjacent to an activating group) is 1. The molecule has 1 unspecified atom stereocenters. The van der Waals surface area contributed by atoms with Gasteiger partial charge in [0.1, 0.15) is 0 Å². The van der Waals surface area contributed by atoms with E-state index in [1.807, 2.05) is 0 Å². The van der Waals surface area contributed by atoms with Crippen LogP contribution >= 0.6 is 11.6 Å². The van der Waals surface area contributed by atoms with E-state index in [9.17, 15) is 10.2 Å². The van der Waals surface area contributed by atoms with Gasteiger partial charge in [-0.2, -0.15) is 0 Å². The third kappa shape index (κ3) is 2.40. The largest absolute Gasteiger partial charge is 0.504 e. The van der Waals surface area contributed by atoms with E-state index in [1.54, 1.807) is 14.0 Å². The quantitative estimate of drug-likeness (QED) is 0.754. The number of ether oxygens (including phenoxy) is 1. The first-order valence-corrected chi connectivity index (χ1v) is 5.29. The monoisotopic (exact) mass is 245 g/mol. The van der Waals surface area contributed by atoms with Gasteiger partial charge in [0.2, 0.25) is 0 Å². The average molecular weight is 246 g/mol. The van der Waals surface area contributed by atoms with Crippen molar-refractivity contribution in [1.29, 1.82) is 0 Å². The first-order valence-electron chi connectivity index (χ1n) is 4.91. The molecule has 0 aliphatic rings. The van der Waals surface area contributed by atoms with Gasteiger partial charge in [0, 0.05) is 23.2 Å². The minimum atomic E-state index is -0.774. The van der Waals surface area contributed by atoms with Gasteiger partial charge in [-0.1, -0.05) is 11.6 Å². The Kier molecular flexibility index (Phi) is 4.41. The van der Waals surface area contributed by atoms with Crippen LogP contribution in [0.5, 0.6) is 11.5 Å². The normalized spacial score (nSPS) is 12.6. The molecule has 0 saturated heterocycles. The summed E-state index contributed by atoms with van der Waals surface area (Å²) in [5.41, 5.74) is 1.22. The van der Waals surface area contributed by atoms with Gasteiger partial charge in [0.25, 0.3) is 0 Å². The number of hydrogen-bond acceptors (Lipinski definition) is 4. The number of aliphatic hydroxyl groups excluding tert-OH is 1. The highest BCUT2D eigenvalue weighted by molar-refractivity contribution is 6.31. The van der Waals surface area contributed by atoms with Crippen molar-refractivity contribution in [3.05, 3.63) is 22.2 Å². The van der Waals surface area contributed by atoms with Crippen molar-refractivity contribution in [1.82, 2.24) is 5.32 Å². The first kappa shape index (κ1) is 13.1. The number of aliphatic hydroxyl groups is 1. The van der Waals surface area contributed by atoms with Gasteiger partial charge < -0.3 is 20.3 Å². The van der Waals surface area contributed by atoms with Crippen molar-refractivity contribution in [3.8, 4) is 11.5 Å². The zero-order valence-electron chi connectivity index (χ0n) is 9.54. The molecule has 4 nitrogen and oxygen atoms in total. The van der Waals surface area contributed by atoms with E-state index in [4.69, 9.17) is 16.3 Å². The standard InChI is InChI=1S/C11H16ClNO3/c1-6-7(12)4-8(14)11(16-3)10(6)9(15)5-13-2/h4,9,13-15H,5H2,1-3H3. The van der Waals surface area contributed by atoms with Crippen molar-refractivity contribution in [2.75, 3.05) is 20.7 Å². The van der Waals surface area contributed by atoms with Crippen LogP contribution in [0.25, 0.3) is 0 Å². The van der Waals surface area contributed by atoms with Crippen LogP contribution in [0, 0.1) is 6.92 Å². The fraction of sp³-hybridized carbons (Fsp3) is 0.455. The Labute approximate surface area is 99.8 Å². The van der Waals surface area contributed by atoms with Gasteiger partial charge in [-0.3, -0.25) is 0 Å². The summed E-state index contributed by atoms with van der Waals surface area (Å²) >= 11 is 5.95. The van der Waals surface area contributed by atoms with Crippen LogP contribution in [0.15, 0.2) is 6.07 Å². The third-order valence-corrected chi connectivity index (χ3v) is 2.83. The molecule has 1 aromatic rings. The maximum Gasteiger partial charge on any atom is 0.166 e. The zero-order valence-corrected chi connectivity index (χ0v) is 10.3. The molecule has 90 valence electrons. The number of aromatic hydroxyl groups is 1. The number of phenolic OH excluding ortho intramolecular Hbond substituents is 1. The maximum atomic E-state index is 9.95. The highest BCUT2D eigenvalue weighted by atomic mass is 35.5. The molecule has 3 N–H and O–H groups in total. The third-order valence-electron chi connectivity index (χ3n) is 2.44. The van der Waals surface area contributed by atoms with Crippen molar-refractivity contribution in [2.24, 2.45) is 0 Å². The van der Waals surface area contributed by atoms with Crippen molar-refractivity contribution >= 4 is 11.6 Å². The molecule has 5 heteroatoms. The summed E-state index contributed by atoms with van der Waals surface area (Å²) in [6.45, 7) is 2.13. The Morgan fingerprint density at radius 2 is 2.19 bits per heavy atom. The van der Waals surface area contributed by atoms with Crippen molar-refractivity contribution in [3.63, 3.8) is 0 Å². The molecule has 0 amide bonds. The number of halogens is 1. The highest BCUT2D eigenvalue weighted by Gasteiger charge is 2.20. The number of methoxy groups -OCH3 is 1. The van der Waals surface area contributed by atoms with Crippen LogP contribution in [0.1, 0.15) is 17.2 Å². The van der Waals surface area contributed by atoms with Gasteiger partial charge in [0.15, 0.2) is 11.5 Å². The molecule has 0 heterocycles. The fourth-order valence-electron chi connectivity index (χ4n) is 1.64. The Hall–Kier alpha value is -0.970. The van der Waals surface area contributed by atoms with E-state index in [1.165, 1.54) is 13.2 Å². The van der Waals surface area contributed by atoms with Gasteiger partial charge in [-0.15, -0.1) is 0 Å². The van der Waals surface area contributed by atoms with Crippen LogP contribution in [-0.4, -0.2) is 30.9 Å². The molecule has 0 aliphatic heterocycles. The lowest BCUT2D eigenvalue weighted by Gasteiger charge is -2.19. The molecule has 0 radical (unpaired) electrons. The molecule has 0 spiro atoms. The van der Waals surface area contributed by atoms with Gasteiger partial charge in [-0.25, -0.2) is 0 Å². The second kappa shape index (κ2) is 5.39. The van der Waals surface area contributed by atoms with Crippen molar-refractivity contribution in [2.45, 2.75) is 13.0 Å². The van der Waals surface area contributed by atoms with E-state index >= 15 is 0 Å². The minimum absolute atomic E-state index is 0.0664. The Bertz CT molecular complexity index is 382. The van der Waals surface area contributed by atoms with Crippen LogP contribution < -0.4 is 10.1 Å². The molecule has 1 atom stereocenters. The van der Waals surface area contributed by atoms with Crippen molar-refractivity contribution < 1.29 is 14.9 Å². The fourth-order valence-corrected chi connectivity index (χ4v) is 1.85. The van der Waals surface area contributed by atoms with E-state index < -0.39 is 6.10 Å². The Morgan fingerprint density at radius 3 is 2.69 bits per heavy atom. The average Bonchev–Trinajstić information content (AvgIpc) is 2.23. The van der Waals surface area contributed by atoms with Crippen LogP contribution in [-0.2, 0) is 0 Å². The maximum absolute atomic E-state index is 9.95. The Balaban J connectivity index is 3.32. The molecular formula is C11H16ClNO3. The molecule has 0 fully saturated rings. The Morgan fingerprint density at radius 1 is 1.56 bits per heavy atom.